The van der Waals surface area contributed by atoms with E-state index in [1.54, 1.807) is 0 Å². The molecule has 1 heterocycles. The molecule has 0 unspecified atom stereocenters. The highest BCUT2D eigenvalue weighted by atomic mass is 16.1. The van der Waals surface area contributed by atoms with E-state index in [9.17, 15) is 4.79 Å². The maximum atomic E-state index is 12.2. The van der Waals surface area contributed by atoms with Gasteiger partial charge in [-0.05, 0) is 56.5 Å². The number of carbonyl (C=O) groups is 1. The Morgan fingerprint density at radius 2 is 1.62 bits per heavy atom. The lowest BCUT2D eigenvalue weighted by Crippen LogP contribution is -2.11. The quantitative estimate of drug-likeness (QED) is 0.484. The van der Waals surface area contributed by atoms with E-state index in [0.717, 1.165) is 42.4 Å². The number of carbonyl (C=O) groups excluding carboxylic acids is 1. The highest BCUT2D eigenvalue weighted by Crippen LogP contribution is 2.20. The molecule has 0 fully saturated rings. The van der Waals surface area contributed by atoms with Gasteiger partial charge in [0.1, 0.15) is 17.5 Å². The number of amides is 1. The molecule has 3 N–H and O–H groups in total. The molecule has 2 aromatic carbocycles. The van der Waals surface area contributed by atoms with E-state index < -0.39 is 0 Å². The molecule has 150 valence electrons. The van der Waals surface area contributed by atoms with E-state index in [-0.39, 0.29) is 5.91 Å². The van der Waals surface area contributed by atoms with Crippen LogP contribution in [0.5, 0.6) is 0 Å². The molecule has 3 aromatic rings. The summed E-state index contributed by atoms with van der Waals surface area (Å²) < 4.78 is 0. The van der Waals surface area contributed by atoms with E-state index in [2.05, 4.69) is 38.1 Å². The molecule has 0 saturated carbocycles. The molecule has 0 radical (unpaired) electrons. The molecule has 6 nitrogen and oxygen atoms in total. The number of rotatable bonds is 9. The second kappa shape index (κ2) is 10.2. The van der Waals surface area contributed by atoms with Crippen molar-refractivity contribution < 1.29 is 4.79 Å². The number of benzene rings is 2. The van der Waals surface area contributed by atoms with Crippen LogP contribution in [0.1, 0.15) is 31.2 Å². The van der Waals surface area contributed by atoms with Crippen molar-refractivity contribution in [3.8, 4) is 0 Å². The first-order valence-electron chi connectivity index (χ1n) is 9.93. The summed E-state index contributed by atoms with van der Waals surface area (Å²) in [5, 5.41) is 9.42. The van der Waals surface area contributed by atoms with Crippen molar-refractivity contribution in [2.45, 2.75) is 33.1 Å². The highest BCUT2D eigenvalue weighted by Gasteiger charge is 2.05. The minimum atomic E-state index is 0.0309. The fourth-order valence-electron chi connectivity index (χ4n) is 3.01. The van der Waals surface area contributed by atoms with E-state index in [0.29, 0.717) is 12.2 Å². The van der Waals surface area contributed by atoms with Crippen LogP contribution in [0.4, 0.5) is 23.0 Å². The molecule has 0 bridgehead atoms. The molecule has 1 amide bonds. The normalized spacial score (nSPS) is 10.4. The Morgan fingerprint density at radius 3 is 2.34 bits per heavy atom. The van der Waals surface area contributed by atoms with E-state index in [1.165, 1.54) is 5.56 Å². The molecule has 0 aliphatic carbocycles. The SMILES string of the molecule is CCNc1cc(Nc2ccc(NC(=O)CCCc3ccccc3)cc2)nc(C)n1. The largest absolute Gasteiger partial charge is 0.370 e. The van der Waals surface area contributed by atoms with Gasteiger partial charge in [0.15, 0.2) is 0 Å². The summed E-state index contributed by atoms with van der Waals surface area (Å²) in [7, 11) is 0. The van der Waals surface area contributed by atoms with Crippen molar-refractivity contribution in [3.05, 3.63) is 72.1 Å². The van der Waals surface area contributed by atoms with Gasteiger partial charge in [-0.2, -0.15) is 0 Å². The number of nitrogens with zero attached hydrogens (tertiary/aromatic N) is 2. The number of hydrogen-bond donors (Lipinski definition) is 3. The summed E-state index contributed by atoms with van der Waals surface area (Å²) >= 11 is 0. The number of anilines is 4. The molecule has 0 spiro atoms. The van der Waals surface area contributed by atoms with Crippen LogP contribution in [0.2, 0.25) is 0 Å². The van der Waals surface area contributed by atoms with Crippen molar-refractivity contribution in [2.24, 2.45) is 0 Å². The smallest absolute Gasteiger partial charge is 0.224 e. The van der Waals surface area contributed by atoms with Gasteiger partial charge in [-0.1, -0.05) is 30.3 Å². The van der Waals surface area contributed by atoms with Gasteiger partial charge < -0.3 is 16.0 Å². The second-order valence-electron chi connectivity index (χ2n) is 6.81. The Bertz CT molecular complexity index is 926. The standard InChI is InChI=1S/C23H27N5O/c1-3-24-21-16-22(26-17(2)25-21)27-19-12-14-20(15-13-19)28-23(29)11-7-10-18-8-5-4-6-9-18/h4-6,8-9,12-16H,3,7,10-11H2,1-2H3,(H,28,29)(H2,24,25,26,27). The molecule has 0 saturated heterocycles. The zero-order valence-electron chi connectivity index (χ0n) is 16.9. The Morgan fingerprint density at radius 1 is 0.931 bits per heavy atom. The third-order valence-corrected chi connectivity index (χ3v) is 4.35. The maximum absolute atomic E-state index is 12.2. The summed E-state index contributed by atoms with van der Waals surface area (Å²) in [6, 6.07) is 19.7. The fraction of sp³-hybridized carbons (Fsp3) is 0.261. The lowest BCUT2D eigenvalue weighted by atomic mass is 10.1. The average Bonchev–Trinajstić information content (AvgIpc) is 2.70. The van der Waals surface area contributed by atoms with Gasteiger partial charge >= 0.3 is 0 Å². The van der Waals surface area contributed by atoms with E-state index in [1.807, 2.05) is 62.4 Å². The van der Waals surface area contributed by atoms with Gasteiger partial charge in [-0.3, -0.25) is 4.79 Å². The first kappa shape index (κ1) is 20.3. The van der Waals surface area contributed by atoms with Crippen molar-refractivity contribution >= 4 is 28.9 Å². The third kappa shape index (κ3) is 6.60. The van der Waals surface area contributed by atoms with Crippen molar-refractivity contribution in [1.29, 1.82) is 0 Å². The predicted molar refractivity (Wildman–Crippen MR) is 119 cm³/mol. The lowest BCUT2D eigenvalue weighted by molar-refractivity contribution is -0.116. The highest BCUT2D eigenvalue weighted by molar-refractivity contribution is 5.90. The van der Waals surface area contributed by atoms with Crippen LogP contribution in [0.25, 0.3) is 0 Å². The summed E-state index contributed by atoms with van der Waals surface area (Å²) in [5.74, 6) is 2.25. The Balaban J connectivity index is 1.50. The van der Waals surface area contributed by atoms with Gasteiger partial charge in [0.2, 0.25) is 5.91 Å². The molecule has 29 heavy (non-hydrogen) atoms. The number of hydrogen-bond acceptors (Lipinski definition) is 5. The average molecular weight is 390 g/mol. The van der Waals surface area contributed by atoms with Gasteiger partial charge in [0, 0.05) is 30.4 Å². The van der Waals surface area contributed by atoms with Crippen LogP contribution in [0.15, 0.2) is 60.7 Å². The molecule has 0 aliphatic rings. The van der Waals surface area contributed by atoms with Gasteiger partial charge in [-0.15, -0.1) is 0 Å². The lowest BCUT2D eigenvalue weighted by Gasteiger charge is -2.10. The van der Waals surface area contributed by atoms with Gasteiger partial charge in [0.05, 0.1) is 0 Å². The zero-order valence-corrected chi connectivity index (χ0v) is 16.9. The maximum Gasteiger partial charge on any atom is 0.224 e. The monoisotopic (exact) mass is 389 g/mol. The number of nitrogens with one attached hydrogen (secondary N) is 3. The predicted octanol–water partition coefficient (Wildman–Crippen LogP) is 4.92. The molecule has 6 heteroatoms. The van der Waals surface area contributed by atoms with Crippen LogP contribution in [0.3, 0.4) is 0 Å². The van der Waals surface area contributed by atoms with Crippen LogP contribution in [-0.4, -0.2) is 22.4 Å². The van der Waals surface area contributed by atoms with Crippen molar-refractivity contribution in [3.63, 3.8) is 0 Å². The minimum absolute atomic E-state index is 0.0309. The van der Waals surface area contributed by atoms with E-state index in [4.69, 9.17) is 0 Å². The van der Waals surface area contributed by atoms with Crippen molar-refractivity contribution in [1.82, 2.24) is 9.97 Å². The summed E-state index contributed by atoms with van der Waals surface area (Å²) in [5.41, 5.74) is 2.94. The summed E-state index contributed by atoms with van der Waals surface area (Å²) in [4.78, 5) is 20.9. The molecule has 0 atom stereocenters. The van der Waals surface area contributed by atoms with Gasteiger partial charge in [-0.25, -0.2) is 9.97 Å². The van der Waals surface area contributed by atoms with Crippen molar-refractivity contribution in [2.75, 3.05) is 22.5 Å². The molecular weight excluding hydrogens is 362 g/mol. The van der Waals surface area contributed by atoms with Crippen LogP contribution in [0, 0.1) is 6.92 Å². The Hall–Kier alpha value is -3.41. The first-order chi connectivity index (χ1) is 14.1. The third-order valence-electron chi connectivity index (χ3n) is 4.35. The van der Waals surface area contributed by atoms with Gasteiger partial charge in [0.25, 0.3) is 0 Å². The Kier molecular flexibility index (Phi) is 7.16. The van der Waals surface area contributed by atoms with Crippen LogP contribution < -0.4 is 16.0 Å². The minimum Gasteiger partial charge on any atom is -0.370 e. The topological polar surface area (TPSA) is 78.9 Å². The summed E-state index contributed by atoms with van der Waals surface area (Å²) in [6.07, 6.45) is 2.24. The Labute approximate surface area is 171 Å². The first-order valence-corrected chi connectivity index (χ1v) is 9.93. The molecule has 3 rings (SSSR count). The molecule has 1 aromatic heterocycles. The molecule has 0 aliphatic heterocycles. The fourth-order valence-corrected chi connectivity index (χ4v) is 3.01. The summed E-state index contributed by atoms with van der Waals surface area (Å²) in [6.45, 7) is 4.69. The van der Waals surface area contributed by atoms with Crippen LogP contribution >= 0.6 is 0 Å². The number of aromatic nitrogens is 2. The number of aryl methyl sites for hydroxylation is 2. The molecular formula is C23H27N5O. The van der Waals surface area contributed by atoms with Crippen LogP contribution in [-0.2, 0) is 11.2 Å². The second-order valence-corrected chi connectivity index (χ2v) is 6.81. The zero-order chi connectivity index (χ0) is 20.5. The van der Waals surface area contributed by atoms with E-state index >= 15 is 0 Å².